The van der Waals surface area contributed by atoms with Gasteiger partial charge in [-0.1, -0.05) is 0 Å². The lowest BCUT2D eigenvalue weighted by Crippen LogP contribution is -2.38. The van der Waals surface area contributed by atoms with Crippen molar-refractivity contribution < 1.29 is 19.3 Å². The smallest absolute Gasteiger partial charge is 0.223 e. The maximum atomic E-state index is 11.9. The maximum Gasteiger partial charge on any atom is 0.223 e. The minimum Gasteiger partial charge on any atom is -0.391 e. The molecule has 1 heterocycles. The number of hydrogen-bond donors (Lipinski definition) is 3. The lowest BCUT2D eigenvalue weighted by molar-refractivity contribution is -0.132. The zero-order chi connectivity index (χ0) is 13.8. The summed E-state index contributed by atoms with van der Waals surface area (Å²) in [6, 6.07) is -0.193. The highest BCUT2D eigenvalue weighted by Gasteiger charge is 2.34. The summed E-state index contributed by atoms with van der Waals surface area (Å²) < 4.78 is 5.21. The van der Waals surface area contributed by atoms with E-state index in [1.165, 1.54) is 6.66 Å². The second-order valence-electron chi connectivity index (χ2n) is 4.52. The SMILES string of the molecule is CP(O)(=S)OC[C@@H]1C[C@@H](O)CN1C(=O)CCCS. The summed E-state index contributed by atoms with van der Waals surface area (Å²) in [6.07, 6.45) is 1.09. The van der Waals surface area contributed by atoms with Crippen molar-refractivity contribution >= 4 is 36.8 Å². The van der Waals surface area contributed by atoms with Gasteiger partial charge in [-0.05, 0) is 30.4 Å². The van der Waals surface area contributed by atoms with Crippen molar-refractivity contribution in [1.82, 2.24) is 4.90 Å². The Balaban J connectivity index is 2.53. The molecule has 5 nitrogen and oxygen atoms in total. The Bertz CT molecular complexity index is 336. The minimum atomic E-state index is -2.71. The topological polar surface area (TPSA) is 70.0 Å². The number of likely N-dealkylation sites (tertiary alicyclic amines) is 1. The van der Waals surface area contributed by atoms with Crippen molar-refractivity contribution in [1.29, 1.82) is 0 Å². The van der Waals surface area contributed by atoms with Crippen LogP contribution in [0.3, 0.4) is 0 Å². The van der Waals surface area contributed by atoms with E-state index in [2.05, 4.69) is 12.6 Å². The van der Waals surface area contributed by atoms with Gasteiger partial charge in [-0.3, -0.25) is 4.79 Å². The van der Waals surface area contributed by atoms with Crippen molar-refractivity contribution in [3.8, 4) is 0 Å². The number of nitrogens with zero attached hydrogens (tertiary/aromatic N) is 1. The zero-order valence-electron chi connectivity index (χ0n) is 10.4. The zero-order valence-corrected chi connectivity index (χ0v) is 13.0. The molecule has 0 aromatic carbocycles. The number of β-amino-alcohol motifs (C(OH)–C–C–N with tert-alkyl or cyclic N) is 1. The fraction of sp³-hybridized carbons (Fsp3) is 0.900. The molecule has 1 amide bonds. The molecule has 8 heteroatoms. The van der Waals surface area contributed by atoms with Crippen LogP contribution in [0.4, 0.5) is 0 Å². The summed E-state index contributed by atoms with van der Waals surface area (Å²) in [5, 5.41) is 9.63. The monoisotopic (exact) mass is 313 g/mol. The summed E-state index contributed by atoms with van der Waals surface area (Å²) in [5.74, 6) is 0.659. The third-order valence-electron chi connectivity index (χ3n) is 2.77. The van der Waals surface area contributed by atoms with Crippen LogP contribution in [0.5, 0.6) is 0 Å². The summed E-state index contributed by atoms with van der Waals surface area (Å²) >= 11 is 8.86. The van der Waals surface area contributed by atoms with Crippen LogP contribution in [-0.2, 0) is 21.1 Å². The number of carbonyl (C=O) groups is 1. The Morgan fingerprint density at radius 1 is 1.67 bits per heavy atom. The van der Waals surface area contributed by atoms with Crippen LogP contribution in [0.15, 0.2) is 0 Å². The molecular weight excluding hydrogens is 293 g/mol. The number of aliphatic hydroxyl groups excluding tert-OH is 1. The third kappa shape index (κ3) is 5.55. The average molecular weight is 313 g/mol. The lowest BCUT2D eigenvalue weighted by Gasteiger charge is -2.25. The van der Waals surface area contributed by atoms with Gasteiger partial charge in [0.1, 0.15) is 0 Å². The van der Waals surface area contributed by atoms with Crippen LogP contribution in [0.25, 0.3) is 0 Å². The van der Waals surface area contributed by atoms with Gasteiger partial charge in [0.2, 0.25) is 5.91 Å². The standard InChI is InChI=1S/C10H20NO4PS2/c1-16(14,18)15-7-8-5-9(12)6-11(8)10(13)3-2-4-17/h8-9,12,17H,2-7H2,1H3,(H,14,18)/t8-,9+,16?/m0/s1. The van der Waals surface area contributed by atoms with Crippen LogP contribution in [0.1, 0.15) is 19.3 Å². The second kappa shape index (κ2) is 7.22. The molecule has 0 bridgehead atoms. The van der Waals surface area contributed by atoms with E-state index in [1.54, 1.807) is 4.90 Å². The number of thiol groups is 1. The van der Waals surface area contributed by atoms with Gasteiger partial charge in [0, 0.05) is 19.6 Å². The summed E-state index contributed by atoms with van der Waals surface area (Å²) in [4.78, 5) is 23.0. The van der Waals surface area contributed by atoms with Crippen molar-refractivity contribution in [2.75, 3.05) is 25.6 Å². The Morgan fingerprint density at radius 2 is 2.33 bits per heavy atom. The van der Waals surface area contributed by atoms with Gasteiger partial charge < -0.3 is 19.4 Å². The van der Waals surface area contributed by atoms with Gasteiger partial charge in [0.05, 0.1) is 18.8 Å². The van der Waals surface area contributed by atoms with E-state index in [1.807, 2.05) is 0 Å². The molecule has 1 saturated heterocycles. The molecule has 0 aromatic heterocycles. The first-order valence-electron chi connectivity index (χ1n) is 5.86. The summed E-state index contributed by atoms with van der Waals surface area (Å²) in [5.41, 5.74) is 0. The van der Waals surface area contributed by atoms with E-state index >= 15 is 0 Å². The van der Waals surface area contributed by atoms with E-state index in [4.69, 9.17) is 16.3 Å². The average Bonchev–Trinajstić information content (AvgIpc) is 2.64. The Morgan fingerprint density at radius 3 is 2.89 bits per heavy atom. The number of amides is 1. The van der Waals surface area contributed by atoms with E-state index < -0.39 is 12.6 Å². The molecule has 1 unspecified atom stereocenters. The fourth-order valence-corrected chi connectivity index (χ4v) is 2.74. The first kappa shape index (κ1) is 16.4. The van der Waals surface area contributed by atoms with Crippen molar-refractivity contribution in [3.05, 3.63) is 0 Å². The molecular formula is C10H20NO4PS2. The molecule has 1 fully saturated rings. The van der Waals surface area contributed by atoms with Crippen molar-refractivity contribution in [2.24, 2.45) is 0 Å². The second-order valence-corrected chi connectivity index (χ2v) is 8.86. The van der Waals surface area contributed by atoms with E-state index in [0.29, 0.717) is 31.6 Å². The van der Waals surface area contributed by atoms with E-state index in [9.17, 15) is 14.8 Å². The van der Waals surface area contributed by atoms with Gasteiger partial charge >= 0.3 is 0 Å². The first-order valence-corrected chi connectivity index (χ1v) is 9.62. The molecule has 0 saturated carbocycles. The molecule has 3 atom stereocenters. The van der Waals surface area contributed by atoms with Crippen LogP contribution in [0.2, 0.25) is 0 Å². The molecule has 1 rings (SSSR count). The van der Waals surface area contributed by atoms with Gasteiger partial charge in [0.25, 0.3) is 0 Å². The summed E-state index contributed by atoms with van der Waals surface area (Å²) in [6.45, 7) is -0.722. The third-order valence-corrected chi connectivity index (χ3v) is 4.03. The molecule has 1 aliphatic heterocycles. The minimum absolute atomic E-state index is 0.00320. The molecule has 0 radical (unpaired) electrons. The number of hydrogen-bond acceptors (Lipinski definition) is 5. The maximum absolute atomic E-state index is 11.9. The summed E-state index contributed by atoms with van der Waals surface area (Å²) in [7, 11) is 0. The lowest BCUT2D eigenvalue weighted by atomic mass is 10.2. The highest BCUT2D eigenvalue weighted by Crippen LogP contribution is 2.38. The van der Waals surface area contributed by atoms with Crippen molar-refractivity contribution in [2.45, 2.75) is 31.4 Å². The molecule has 0 spiro atoms. The van der Waals surface area contributed by atoms with E-state index in [-0.39, 0.29) is 18.6 Å². The largest absolute Gasteiger partial charge is 0.391 e. The number of carbonyl (C=O) groups excluding carboxylic acids is 1. The highest BCUT2D eigenvalue weighted by atomic mass is 32.5. The molecule has 0 aromatic rings. The predicted molar refractivity (Wildman–Crippen MR) is 77.6 cm³/mol. The van der Waals surface area contributed by atoms with E-state index in [0.717, 1.165) is 0 Å². The fourth-order valence-electron chi connectivity index (χ4n) is 1.95. The van der Waals surface area contributed by atoms with Crippen LogP contribution in [-0.4, -0.2) is 58.5 Å². The molecule has 1 aliphatic rings. The predicted octanol–water partition coefficient (Wildman–Crippen LogP) is 0.606. The Labute approximate surface area is 118 Å². The quantitative estimate of drug-likeness (QED) is 0.495. The van der Waals surface area contributed by atoms with Gasteiger partial charge in [0.15, 0.2) is 6.49 Å². The number of rotatable bonds is 6. The molecule has 18 heavy (non-hydrogen) atoms. The van der Waals surface area contributed by atoms with Gasteiger partial charge in [-0.25, -0.2) is 0 Å². The molecule has 0 aliphatic carbocycles. The number of aliphatic hydroxyl groups is 1. The van der Waals surface area contributed by atoms with Crippen LogP contribution >= 0.6 is 19.1 Å². The Hall–Kier alpha value is 0.350. The van der Waals surface area contributed by atoms with Crippen LogP contribution < -0.4 is 0 Å². The van der Waals surface area contributed by atoms with Gasteiger partial charge in [-0.2, -0.15) is 12.6 Å². The highest BCUT2D eigenvalue weighted by molar-refractivity contribution is 8.09. The first-order chi connectivity index (χ1) is 8.33. The molecule has 2 N–H and O–H groups in total. The van der Waals surface area contributed by atoms with Crippen LogP contribution in [0, 0.1) is 0 Å². The van der Waals surface area contributed by atoms with Crippen molar-refractivity contribution in [3.63, 3.8) is 0 Å². The normalized spacial score (nSPS) is 27.2. The molecule has 106 valence electrons. The van der Waals surface area contributed by atoms with Gasteiger partial charge in [-0.15, -0.1) is 0 Å². The Kier molecular flexibility index (Phi) is 6.58.